The maximum Gasteiger partial charge on any atom is 0.311 e. The second-order valence-corrected chi connectivity index (χ2v) is 3.15. The zero-order valence-electron chi connectivity index (χ0n) is 8.64. The number of hydrogen-bond donors (Lipinski definition) is 2. The largest absolute Gasteiger partial charge is 0.481 e. The van der Waals surface area contributed by atoms with Crippen LogP contribution in [0.2, 0.25) is 0 Å². The SMILES string of the molecule is Cc1ccc([N+](=O)[O-])c(NCCC(=O)O)n1. The lowest BCUT2D eigenvalue weighted by molar-refractivity contribution is -0.384. The Kier molecular flexibility index (Phi) is 3.76. The van der Waals surface area contributed by atoms with Crippen LogP contribution in [-0.2, 0) is 4.79 Å². The molecule has 0 spiro atoms. The number of nitrogens with one attached hydrogen (secondary N) is 1. The van der Waals surface area contributed by atoms with Gasteiger partial charge in [-0.2, -0.15) is 0 Å². The van der Waals surface area contributed by atoms with Crippen LogP contribution in [-0.4, -0.2) is 27.5 Å². The third kappa shape index (κ3) is 3.19. The maximum atomic E-state index is 10.6. The summed E-state index contributed by atoms with van der Waals surface area (Å²) in [5, 5.41) is 21.7. The first-order chi connectivity index (χ1) is 7.50. The van der Waals surface area contributed by atoms with Crippen molar-refractivity contribution in [3.8, 4) is 0 Å². The molecule has 2 N–H and O–H groups in total. The quantitative estimate of drug-likeness (QED) is 0.575. The van der Waals surface area contributed by atoms with E-state index in [9.17, 15) is 14.9 Å². The molecule has 0 aliphatic heterocycles. The third-order valence-corrected chi connectivity index (χ3v) is 1.84. The fourth-order valence-corrected chi connectivity index (χ4v) is 1.11. The molecular weight excluding hydrogens is 214 g/mol. The van der Waals surface area contributed by atoms with Gasteiger partial charge in [0, 0.05) is 18.3 Å². The van der Waals surface area contributed by atoms with Crippen LogP contribution in [0.15, 0.2) is 12.1 Å². The summed E-state index contributed by atoms with van der Waals surface area (Å²) in [6.07, 6.45) is -0.118. The molecule has 1 rings (SSSR count). The van der Waals surface area contributed by atoms with Crippen molar-refractivity contribution in [2.45, 2.75) is 13.3 Å². The summed E-state index contributed by atoms with van der Waals surface area (Å²) in [5.74, 6) is -0.867. The van der Waals surface area contributed by atoms with Crippen LogP contribution in [0.1, 0.15) is 12.1 Å². The molecule has 0 radical (unpaired) electrons. The van der Waals surface area contributed by atoms with E-state index in [0.29, 0.717) is 5.69 Å². The fourth-order valence-electron chi connectivity index (χ4n) is 1.11. The number of carbonyl (C=O) groups is 1. The van der Waals surface area contributed by atoms with Crippen LogP contribution in [0.4, 0.5) is 11.5 Å². The van der Waals surface area contributed by atoms with Gasteiger partial charge in [-0.3, -0.25) is 14.9 Å². The number of nitro groups is 1. The monoisotopic (exact) mass is 225 g/mol. The summed E-state index contributed by atoms with van der Waals surface area (Å²) < 4.78 is 0. The van der Waals surface area contributed by atoms with Crippen molar-refractivity contribution in [2.75, 3.05) is 11.9 Å². The number of rotatable bonds is 5. The molecule has 0 aliphatic rings. The molecule has 1 aromatic heterocycles. The molecule has 7 nitrogen and oxygen atoms in total. The van der Waals surface area contributed by atoms with Crippen molar-refractivity contribution in [3.63, 3.8) is 0 Å². The smallest absolute Gasteiger partial charge is 0.311 e. The molecular formula is C9H11N3O4. The lowest BCUT2D eigenvalue weighted by atomic mass is 10.3. The first kappa shape index (κ1) is 11.9. The van der Waals surface area contributed by atoms with Crippen LogP contribution in [0.5, 0.6) is 0 Å². The normalized spacial score (nSPS) is 9.81. The molecule has 0 fully saturated rings. The van der Waals surface area contributed by atoms with E-state index in [0.717, 1.165) is 0 Å². The van der Waals surface area contributed by atoms with Gasteiger partial charge in [0.2, 0.25) is 5.82 Å². The highest BCUT2D eigenvalue weighted by atomic mass is 16.6. The van der Waals surface area contributed by atoms with Crippen LogP contribution in [0.3, 0.4) is 0 Å². The van der Waals surface area contributed by atoms with Crippen LogP contribution in [0, 0.1) is 17.0 Å². The van der Waals surface area contributed by atoms with E-state index in [2.05, 4.69) is 10.3 Å². The van der Waals surface area contributed by atoms with Gasteiger partial charge in [-0.05, 0) is 13.0 Å². The Morgan fingerprint density at radius 2 is 2.31 bits per heavy atom. The lowest BCUT2D eigenvalue weighted by Crippen LogP contribution is -2.10. The molecule has 0 unspecified atom stereocenters. The van der Waals surface area contributed by atoms with Gasteiger partial charge < -0.3 is 10.4 Å². The maximum absolute atomic E-state index is 10.6. The highest BCUT2D eigenvalue weighted by Crippen LogP contribution is 2.21. The number of nitrogens with zero attached hydrogens (tertiary/aromatic N) is 2. The van der Waals surface area contributed by atoms with E-state index < -0.39 is 10.9 Å². The van der Waals surface area contributed by atoms with Crippen molar-refractivity contribution in [3.05, 3.63) is 27.9 Å². The summed E-state index contributed by atoms with van der Waals surface area (Å²) in [5.41, 5.74) is 0.472. The standard InChI is InChI=1S/C9H11N3O4/c1-6-2-3-7(12(15)16)9(11-6)10-5-4-8(13)14/h2-3H,4-5H2,1H3,(H,10,11)(H,13,14). The zero-order valence-corrected chi connectivity index (χ0v) is 8.64. The molecule has 0 bridgehead atoms. The molecule has 7 heteroatoms. The van der Waals surface area contributed by atoms with Gasteiger partial charge in [0.05, 0.1) is 11.3 Å². The van der Waals surface area contributed by atoms with Gasteiger partial charge in [0.25, 0.3) is 0 Å². The van der Waals surface area contributed by atoms with Crippen molar-refractivity contribution in [2.24, 2.45) is 0 Å². The first-order valence-corrected chi connectivity index (χ1v) is 4.58. The minimum Gasteiger partial charge on any atom is -0.481 e. The molecule has 0 atom stereocenters. The van der Waals surface area contributed by atoms with E-state index in [1.165, 1.54) is 12.1 Å². The molecule has 16 heavy (non-hydrogen) atoms. The van der Waals surface area contributed by atoms with E-state index in [4.69, 9.17) is 5.11 Å². The van der Waals surface area contributed by atoms with Gasteiger partial charge in [-0.15, -0.1) is 0 Å². The van der Waals surface area contributed by atoms with Gasteiger partial charge in [0.15, 0.2) is 0 Å². The van der Waals surface area contributed by atoms with E-state index >= 15 is 0 Å². The number of aliphatic carboxylic acids is 1. The van der Waals surface area contributed by atoms with E-state index in [-0.39, 0.29) is 24.5 Å². The fraction of sp³-hybridized carbons (Fsp3) is 0.333. The van der Waals surface area contributed by atoms with Crippen molar-refractivity contribution >= 4 is 17.5 Å². The Labute approximate surface area is 91.3 Å². The van der Waals surface area contributed by atoms with Crippen molar-refractivity contribution < 1.29 is 14.8 Å². The summed E-state index contributed by atoms with van der Waals surface area (Å²) in [7, 11) is 0. The summed E-state index contributed by atoms with van der Waals surface area (Å²) in [6, 6.07) is 2.87. The Hall–Kier alpha value is -2.18. The van der Waals surface area contributed by atoms with Gasteiger partial charge >= 0.3 is 11.7 Å². The average Bonchev–Trinajstić information content (AvgIpc) is 2.16. The van der Waals surface area contributed by atoms with E-state index in [1.807, 2.05) is 0 Å². The number of aryl methyl sites for hydroxylation is 1. The van der Waals surface area contributed by atoms with Crippen LogP contribution in [0.25, 0.3) is 0 Å². The predicted molar refractivity (Wildman–Crippen MR) is 56.4 cm³/mol. The highest BCUT2D eigenvalue weighted by Gasteiger charge is 2.14. The topological polar surface area (TPSA) is 105 Å². The number of carboxylic acids is 1. The number of aromatic nitrogens is 1. The molecule has 0 aliphatic carbocycles. The Bertz CT molecular complexity index is 419. The van der Waals surface area contributed by atoms with Crippen LogP contribution < -0.4 is 5.32 Å². The first-order valence-electron chi connectivity index (χ1n) is 4.58. The molecule has 0 saturated carbocycles. The Balaban J connectivity index is 2.80. The molecule has 1 aromatic rings. The van der Waals surface area contributed by atoms with Gasteiger partial charge in [-0.1, -0.05) is 0 Å². The molecule has 0 saturated heterocycles. The predicted octanol–water partition coefficient (Wildman–Crippen LogP) is 1.18. The summed E-state index contributed by atoms with van der Waals surface area (Å²) >= 11 is 0. The van der Waals surface area contributed by atoms with Gasteiger partial charge in [0.1, 0.15) is 0 Å². The number of pyridine rings is 1. The van der Waals surface area contributed by atoms with E-state index in [1.54, 1.807) is 6.92 Å². The zero-order chi connectivity index (χ0) is 12.1. The second kappa shape index (κ2) is 5.06. The van der Waals surface area contributed by atoms with Crippen LogP contribution >= 0.6 is 0 Å². The van der Waals surface area contributed by atoms with Crippen molar-refractivity contribution in [1.82, 2.24) is 4.98 Å². The summed E-state index contributed by atoms with van der Waals surface area (Å²) in [6.45, 7) is 1.80. The minimum atomic E-state index is -0.970. The minimum absolute atomic E-state index is 0.103. The number of hydrogen-bond acceptors (Lipinski definition) is 5. The second-order valence-electron chi connectivity index (χ2n) is 3.15. The molecule has 86 valence electrons. The highest BCUT2D eigenvalue weighted by molar-refractivity contribution is 5.67. The Morgan fingerprint density at radius 3 is 2.88 bits per heavy atom. The number of carboxylic acid groups (broad SMARTS) is 1. The average molecular weight is 225 g/mol. The number of anilines is 1. The van der Waals surface area contributed by atoms with Gasteiger partial charge in [-0.25, -0.2) is 4.98 Å². The Morgan fingerprint density at radius 1 is 1.62 bits per heavy atom. The molecule has 0 amide bonds. The molecule has 0 aromatic carbocycles. The third-order valence-electron chi connectivity index (χ3n) is 1.84. The summed E-state index contributed by atoms with van der Waals surface area (Å²) in [4.78, 5) is 24.3. The lowest BCUT2D eigenvalue weighted by Gasteiger charge is -2.05. The molecule has 1 heterocycles. The van der Waals surface area contributed by atoms with Crippen molar-refractivity contribution in [1.29, 1.82) is 0 Å².